The molecule has 2 heterocycles. The number of urea groups is 1. The molecule has 2 aliphatic heterocycles. The maximum atomic E-state index is 13.3. The molecule has 1 spiro atoms. The van der Waals surface area contributed by atoms with Crippen molar-refractivity contribution >= 4 is 23.3 Å². The molecule has 1 saturated heterocycles. The number of methoxy groups -OCH3 is 1. The summed E-state index contributed by atoms with van der Waals surface area (Å²) in [4.78, 5) is 30.3. The van der Waals surface area contributed by atoms with Gasteiger partial charge in [-0.3, -0.25) is 4.79 Å². The van der Waals surface area contributed by atoms with E-state index >= 15 is 0 Å². The van der Waals surface area contributed by atoms with E-state index in [1.807, 2.05) is 37.3 Å². The Morgan fingerprint density at radius 3 is 2.48 bits per heavy atom. The van der Waals surface area contributed by atoms with Crippen LogP contribution in [0.3, 0.4) is 0 Å². The third-order valence-corrected chi connectivity index (χ3v) is 7.28. The number of hydrogen-bond donors (Lipinski definition) is 2. The van der Waals surface area contributed by atoms with Crippen LogP contribution < -0.4 is 10.6 Å². The predicted octanol–water partition coefficient (Wildman–Crippen LogP) is 3.73. The van der Waals surface area contributed by atoms with Crippen molar-refractivity contribution in [1.29, 1.82) is 0 Å². The minimum Gasteiger partial charge on any atom is -0.380 e. The molecule has 5 rings (SSSR count). The molecule has 0 bridgehead atoms. The first-order valence-corrected chi connectivity index (χ1v) is 11.7. The number of ether oxygens (including phenoxy) is 1. The Morgan fingerprint density at radius 1 is 1.06 bits per heavy atom. The fourth-order valence-corrected chi connectivity index (χ4v) is 5.31. The Morgan fingerprint density at radius 2 is 1.79 bits per heavy atom. The molecule has 2 aromatic rings. The zero-order chi connectivity index (χ0) is 23.2. The van der Waals surface area contributed by atoms with Crippen LogP contribution >= 0.6 is 0 Å². The van der Waals surface area contributed by atoms with Gasteiger partial charge in [-0.15, -0.1) is 0 Å². The van der Waals surface area contributed by atoms with Crippen LogP contribution in [-0.2, 0) is 21.5 Å². The number of carbonyl (C=O) groups is 2. The number of carbonyl (C=O) groups excluding carboxylic acids is 2. The number of rotatable bonds is 4. The van der Waals surface area contributed by atoms with Crippen LogP contribution in [0.25, 0.3) is 0 Å². The molecule has 2 atom stereocenters. The van der Waals surface area contributed by atoms with Crippen LogP contribution in [0.2, 0.25) is 0 Å². The van der Waals surface area contributed by atoms with Crippen LogP contribution in [0.5, 0.6) is 0 Å². The van der Waals surface area contributed by atoms with Gasteiger partial charge < -0.3 is 25.2 Å². The summed E-state index contributed by atoms with van der Waals surface area (Å²) < 4.78 is 5.50. The standard InChI is InChI=1S/C26H32N4O3/c1-17-4-7-19(8-5-17)28-25(32)30-15-21(33-3)13-23(30)24(31)27-20-9-6-18-14-29(2)16-26(10-11-26)22(18)12-20/h4-9,12,21,23H,10-11,13-16H2,1-3H3,(H,27,31)(H,28,32)/t21-,23-/m1/s1. The molecule has 0 aromatic heterocycles. The first-order chi connectivity index (χ1) is 15.9. The molecular weight excluding hydrogens is 416 g/mol. The van der Waals surface area contributed by atoms with Crippen molar-refractivity contribution in [2.24, 2.45) is 0 Å². The summed E-state index contributed by atoms with van der Waals surface area (Å²) in [6.07, 6.45) is 2.71. The maximum Gasteiger partial charge on any atom is 0.322 e. The molecule has 174 valence electrons. The lowest BCUT2D eigenvalue weighted by Gasteiger charge is -2.33. The lowest BCUT2D eigenvalue weighted by atomic mass is 9.87. The van der Waals surface area contributed by atoms with Gasteiger partial charge in [-0.1, -0.05) is 23.8 Å². The molecule has 7 heteroatoms. The number of nitrogens with zero attached hydrogens (tertiary/aromatic N) is 2. The molecule has 3 amide bonds. The minimum atomic E-state index is -0.586. The van der Waals surface area contributed by atoms with Gasteiger partial charge in [0.1, 0.15) is 6.04 Å². The van der Waals surface area contributed by atoms with E-state index in [2.05, 4.69) is 34.7 Å². The number of nitrogens with one attached hydrogen (secondary N) is 2. The van der Waals surface area contributed by atoms with Crippen LogP contribution in [0.4, 0.5) is 16.2 Å². The molecule has 7 nitrogen and oxygen atoms in total. The second kappa shape index (κ2) is 8.47. The van der Waals surface area contributed by atoms with E-state index in [-0.39, 0.29) is 23.5 Å². The van der Waals surface area contributed by atoms with E-state index in [1.165, 1.54) is 24.0 Å². The number of likely N-dealkylation sites (tertiary alicyclic amines) is 1. The summed E-state index contributed by atoms with van der Waals surface area (Å²) in [6, 6.07) is 13.0. The van der Waals surface area contributed by atoms with Crippen molar-refractivity contribution in [3.05, 3.63) is 59.2 Å². The fraction of sp³-hybridized carbons (Fsp3) is 0.462. The number of benzene rings is 2. The van der Waals surface area contributed by atoms with Gasteiger partial charge in [0.15, 0.2) is 0 Å². The highest BCUT2D eigenvalue weighted by Gasteiger charge is 2.48. The predicted molar refractivity (Wildman–Crippen MR) is 128 cm³/mol. The lowest BCUT2D eigenvalue weighted by molar-refractivity contribution is -0.119. The minimum absolute atomic E-state index is 0.168. The Bertz CT molecular complexity index is 1060. The van der Waals surface area contributed by atoms with Gasteiger partial charge >= 0.3 is 6.03 Å². The highest BCUT2D eigenvalue weighted by atomic mass is 16.5. The van der Waals surface area contributed by atoms with Gasteiger partial charge in [-0.2, -0.15) is 0 Å². The topological polar surface area (TPSA) is 73.9 Å². The molecule has 1 saturated carbocycles. The number of hydrogen-bond acceptors (Lipinski definition) is 4. The third-order valence-electron chi connectivity index (χ3n) is 7.28. The summed E-state index contributed by atoms with van der Waals surface area (Å²) in [5.74, 6) is -0.175. The molecule has 33 heavy (non-hydrogen) atoms. The summed E-state index contributed by atoms with van der Waals surface area (Å²) in [5, 5.41) is 6.00. The molecular formula is C26H32N4O3. The van der Waals surface area contributed by atoms with Crippen molar-refractivity contribution in [2.45, 2.75) is 50.3 Å². The van der Waals surface area contributed by atoms with Crippen LogP contribution in [0.1, 0.15) is 36.0 Å². The first-order valence-electron chi connectivity index (χ1n) is 11.7. The highest BCUT2D eigenvalue weighted by molar-refractivity contribution is 5.99. The number of fused-ring (bicyclic) bond motifs is 2. The maximum absolute atomic E-state index is 13.3. The van der Waals surface area contributed by atoms with Crippen molar-refractivity contribution < 1.29 is 14.3 Å². The molecule has 2 aromatic carbocycles. The molecule has 2 N–H and O–H groups in total. The monoisotopic (exact) mass is 448 g/mol. The summed E-state index contributed by atoms with van der Waals surface area (Å²) in [5.41, 5.74) is 5.59. The van der Waals surface area contributed by atoms with Crippen molar-refractivity contribution in [1.82, 2.24) is 9.80 Å². The smallest absolute Gasteiger partial charge is 0.322 e. The summed E-state index contributed by atoms with van der Waals surface area (Å²) >= 11 is 0. The number of anilines is 2. The number of amides is 3. The average molecular weight is 449 g/mol. The van der Waals surface area contributed by atoms with Crippen molar-refractivity contribution in [2.75, 3.05) is 37.9 Å². The lowest BCUT2D eigenvalue weighted by Crippen LogP contribution is -2.45. The van der Waals surface area contributed by atoms with E-state index in [0.717, 1.165) is 24.3 Å². The second-order valence-corrected chi connectivity index (χ2v) is 9.87. The van der Waals surface area contributed by atoms with Gasteiger partial charge in [0.25, 0.3) is 0 Å². The zero-order valence-corrected chi connectivity index (χ0v) is 19.6. The number of likely N-dealkylation sites (N-methyl/N-ethyl adjacent to an activating group) is 1. The third kappa shape index (κ3) is 4.35. The van der Waals surface area contributed by atoms with E-state index in [9.17, 15) is 9.59 Å². The molecule has 3 aliphatic rings. The van der Waals surface area contributed by atoms with E-state index in [0.29, 0.717) is 18.7 Å². The van der Waals surface area contributed by atoms with Gasteiger partial charge in [0.05, 0.1) is 6.10 Å². The largest absolute Gasteiger partial charge is 0.380 e. The van der Waals surface area contributed by atoms with Gasteiger partial charge in [0.2, 0.25) is 5.91 Å². The summed E-state index contributed by atoms with van der Waals surface area (Å²) in [6.45, 7) is 4.39. The molecule has 1 aliphatic carbocycles. The van der Waals surface area contributed by atoms with Crippen molar-refractivity contribution in [3.8, 4) is 0 Å². The average Bonchev–Trinajstić information content (AvgIpc) is 3.41. The molecule has 0 radical (unpaired) electrons. The van der Waals surface area contributed by atoms with E-state index in [1.54, 1.807) is 12.0 Å². The second-order valence-electron chi connectivity index (χ2n) is 9.87. The quantitative estimate of drug-likeness (QED) is 0.748. The SMILES string of the molecule is CO[C@@H]1C[C@H](C(=O)Nc2ccc3c(c2)C2(CC2)CN(C)C3)N(C(=O)Nc2ccc(C)cc2)C1. The summed E-state index contributed by atoms with van der Waals surface area (Å²) in [7, 11) is 3.79. The first kappa shape index (κ1) is 21.9. The molecule has 2 fully saturated rings. The van der Waals surface area contributed by atoms with Crippen molar-refractivity contribution in [3.63, 3.8) is 0 Å². The van der Waals surface area contributed by atoms with Gasteiger partial charge in [0, 0.05) is 50.0 Å². The highest BCUT2D eigenvalue weighted by Crippen LogP contribution is 2.52. The Balaban J connectivity index is 1.31. The number of aryl methyl sites for hydroxylation is 1. The Hall–Kier alpha value is -2.90. The Labute approximate surface area is 195 Å². The van der Waals surface area contributed by atoms with Gasteiger partial charge in [-0.05, 0) is 62.2 Å². The van der Waals surface area contributed by atoms with E-state index < -0.39 is 6.04 Å². The normalized spacial score (nSPS) is 23.3. The van der Waals surface area contributed by atoms with Gasteiger partial charge in [-0.25, -0.2) is 4.79 Å². The molecule has 0 unspecified atom stereocenters. The van der Waals surface area contributed by atoms with Crippen LogP contribution in [0.15, 0.2) is 42.5 Å². The zero-order valence-electron chi connectivity index (χ0n) is 19.6. The fourth-order valence-electron chi connectivity index (χ4n) is 5.31. The Kier molecular flexibility index (Phi) is 5.62. The van der Waals surface area contributed by atoms with Crippen LogP contribution in [0, 0.1) is 6.92 Å². The van der Waals surface area contributed by atoms with Crippen LogP contribution in [-0.4, -0.2) is 61.1 Å². The van der Waals surface area contributed by atoms with E-state index in [4.69, 9.17) is 4.74 Å².